The van der Waals surface area contributed by atoms with Crippen molar-refractivity contribution >= 4 is 22.4 Å². The van der Waals surface area contributed by atoms with Gasteiger partial charge in [0.05, 0.1) is 32.6 Å². The Morgan fingerprint density at radius 2 is 1.61 bits per heavy atom. The minimum Gasteiger partial charge on any atom is -0.497 e. The molecular weight excluding hydrogens is 450 g/mol. The molecule has 5 nitrogen and oxygen atoms in total. The predicted octanol–water partition coefficient (Wildman–Crippen LogP) is 6.29. The van der Waals surface area contributed by atoms with Gasteiger partial charge in [0.2, 0.25) is 0 Å². The van der Waals surface area contributed by atoms with Gasteiger partial charge in [0.15, 0.2) is 0 Å². The number of anilines is 1. The van der Waals surface area contributed by atoms with Gasteiger partial charge in [-0.3, -0.25) is 4.79 Å². The molecule has 4 aromatic carbocycles. The zero-order chi connectivity index (χ0) is 24.9. The fraction of sp³-hybridized carbons (Fsp3) is 0.258. The molecule has 1 spiro atoms. The van der Waals surface area contributed by atoms with Crippen molar-refractivity contribution in [3.8, 4) is 16.9 Å². The van der Waals surface area contributed by atoms with Crippen molar-refractivity contribution in [3.63, 3.8) is 0 Å². The number of amides is 1. The van der Waals surface area contributed by atoms with Gasteiger partial charge in [0.25, 0.3) is 11.7 Å². The standard InChI is InChI=1S/C31H29NO4/c1-30(2)19-35-31(36-20-30)26-15-14-23(34-3)17-25(26)28-24-12-8-7-11-22(24)13-16-27(28)32(29(31)33)18-21-9-5-4-6-10-21/h4-17H,18-20H2,1-3H3. The molecule has 0 aromatic heterocycles. The van der Waals surface area contributed by atoms with Crippen LogP contribution in [-0.2, 0) is 26.6 Å². The summed E-state index contributed by atoms with van der Waals surface area (Å²) in [5.41, 5.74) is 4.21. The first kappa shape index (κ1) is 22.8. The number of nitrogens with zero attached hydrogens (tertiary/aromatic N) is 1. The number of hydrogen-bond donors (Lipinski definition) is 0. The van der Waals surface area contributed by atoms with Crippen molar-refractivity contribution in [3.05, 3.63) is 96.1 Å². The molecule has 36 heavy (non-hydrogen) atoms. The molecule has 0 aliphatic carbocycles. The van der Waals surface area contributed by atoms with Crippen LogP contribution >= 0.6 is 0 Å². The first-order valence-corrected chi connectivity index (χ1v) is 12.3. The fourth-order valence-corrected chi connectivity index (χ4v) is 5.19. The van der Waals surface area contributed by atoms with E-state index in [0.717, 1.165) is 33.2 Å². The third-order valence-electron chi connectivity index (χ3n) is 7.09. The van der Waals surface area contributed by atoms with Crippen molar-refractivity contribution < 1.29 is 19.0 Å². The number of carbonyl (C=O) groups excluding carboxylic acids is 1. The Morgan fingerprint density at radius 1 is 0.889 bits per heavy atom. The molecule has 2 aliphatic rings. The summed E-state index contributed by atoms with van der Waals surface area (Å²) < 4.78 is 18.6. The van der Waals surface area contributed by atoms with Crippen LogP contribution in [0.3, 0.4) is 0 Å². The van der Waals surface area contributed by atoms with Crippen LogP contribution in [0.4, 0.5) is 5.69 Å². The summed E-state index contributed by atoms with van der Waals surface area (Å²) >= 11 is 0. The monoisotopic (exact) mass is 479 g/mol. The highest BCUT2D eigenvalue weighted by molar-refractivity contribution is 6.13. The second-order valence-electron chi connectivity index (χ2n) is 10.3. The predicted molar refractivity (Wildman–Crippen MR) is 141 cm³/mol. The largest absolute Gasteiger partial charge is 0.497 e. The molecule has 1 saturated heterocycles. The van der Waals surface area contributed by atoms with Crippen molar-refractivity contribution in [2.75, 3.05) is 25.2 Å². The van der Waals surface area contributed by atoms with Gasteiger partial charge in [-0.15, -0.1) is 0 Å². The smallest absolute Gasteiger partial charge is 0.292 e. The van der Waals surface area contributed by atoms with E-state index in [9.17, 15) is 4.79 Å². The average Bonchev–Trinajstić information content (AvgIpc) is 2.98. The Morgan fingerprint density at radius 3 is 2.36 bits per heavy atom. The van der Waals surface area contributed by atoms with E-state index in [4.69, 9.17) is 14.2 Å². The molecule has 0 atom stereocenters. The van der Waals surface area contributed by atoms with Gasteiger partial charge in [-0.25, -0.2) is 0 Å². The number of ether oxygens (including phenoxy) is 3. The molecule has 182 valence electrons. The van der Waals surface area contributed by atoms with E-state index in [2.05, 4.69) is 32.0 Å². The third kappa shape index (κ3) is 3.58. The molecule has 0 unspecified atom stereocenters. The van der Waals surface area contributed by atoms with Crippen LogP contribution in [0.15, 0.2) is 84.9 Å². The van der Waals surface area contributed by atoms with Crippen LogP contribution in [0.2, 0.25) is 0 Å². The summed E-state index contributed by atoms with van der Waals surface area (Å²) in [5.74, 6) is -1.06. The van der Waals surface area contributed by atoms with E-state index >= 15 is 0 Å². The first-order chi connectivity index (χ1) is 17.4. The highest BCUT2D eigenvalue weighted by Crippen LogP contribution is 2.51. The van der Waals surface area contributed by atoms with Crippen LogP contribution in [0.1, 0.15) is 25.0 Å². The molecule has 6 rings (SSSR count). The zero-order valence-corrected chi connectivity index (χ0v) is 20.8. The van der Waals surface area contributed by atoms with E-state index in [-0.39, 0.29) is 11.3 Å². The van der Waals surface area contributed by atoms with E-state index in [1.165, 1.54) is 0 Å². The molecule has 5 heteroatoms. The van der Waals surface area contributed by atoms with Gasteiger partial charge in [-0.1, -0.05) is 74.5 Å². The Bertz CT molecular complexity index is 1450. The number of rotatable bonds is 3. The quantitative estimate of drug-likeness (QED) is 0.347. The molecular formula is C31H29NO4. The fourth-order valence-electron chi connectivity index (χ4n) is 5.19. The maximum absolute atomic E-state index is 14.6. The first-order valence-electron chi connectivity index (χ1n) is 12.3. The second-order valence-corrected chi connectivity index (χ2v) is 10.3. The van der Waals surface area contributed by atoms with Crippen LogP contribution in [0.25, 0.3) is 21.9 Å². The van der Waals surface area contributed by atoms with Crippen molar-refractivity contribution in [1.29, 1.82) is 0 Å². The van der Waals surface area contributed by atoms with Crippen LogP contribution in [0.5, 0.6) is 5.75 Å². The Hall–Kier alpha value is -3.67. The zero-order valence-electron chi connectivity index (χ0n) is 20.8. The van der Waals surface area contributed by atoms with E-state index in [1.54, 1.807) is 7.11 Å². The summed E-state index contributed by atoms with van der Waals surface area (Å²) in [6.45, 7) is 5.37. The number of benzene rings is 4. The minimum atomic E-state index is -1.55. The number of hydrogen-bond acceptors (Lipinski definition) is 4. The summed E-state index contributed by atoms with van der Waals surface area (Å²) in [4.78, 5) is 16.4. The van der Waals surface area contributed by atoms with E-state index in [0.29, 0.717) is 31.1 Å². The average molecular weight is 480 g/mol. The molecule has 0 saturated carbocycles. The van der Waals surface area contributed by atoms with E-state index < -0.39 is 5.79 Å². The summed E-state index contributed by atoms with van der Waals surface area (Å²) in [6.07, 6.45) is 0. The third-order valence-corrected chi connectivity index (χ3v) is 7.09. The van der Waals surface area contributed by atoms with Gasteiger partial charge in [0.1, 0.15) is 5.75 Å². The molecule has 1 fully saturated rings. The Balaban J connectivity index is 1.67. The van der Waals surface area contributed by atoms with Gasteiger partial charge in [0, 0.05) is 16.5 Å². The van der Waals surface area contributed by atoms with Crippen molar-refractivity contribution in [2.24, 2.45) is 5.41 Å². The molecule has 1 amide bonds. The van der Waals surface area contributed by atoms with Crippen LogP contribution in [-0.4, -0.2) is 26.2 Å². The molecule has 0 radical (unpaired) electrons. The Kier molecular flexibility index (Phi) is 5.36. The second kappa shape index (κ2) is 8.47. The highest BCUT2D eigenvalue weighted by Gasteiger charge is 2.54. The molecule has 2 aliphatic heterocycles. The molecule has 0 N–H and O–H groups in total. The van der Waals surface area contributed by atoms with Gasteiger partial charge >= 0.3 is 0 Å². The van der Waals surface area contributed by atoms with Gasteiger partial charge in [-0.2, -0.15) is 0 Å². The summed E-state index contributed by atoms with van der Waals surface area (Å²) in [7, 11) is 1.65. The highest BCUT2D eigenvalue weighted by atomic mass is 16.7. The SMILES string of the molecule is COc1ccc2c(c1)-c1c(ccc3ccccc13)N(Cc1ccccc1)C(=O)C21OCC(C)(C)CO1. The lowest BCUT2D eigenvalue weighted by atomic mass is 9.89. The topological polar surface area (TPSA) is 48.0 Å². The maximum atomic E-state index is 14.6. The molecule has 0 bridgehead atoms. The van der Waals surface area contributed by atoms with E-state index in [1.807, 2.05) is 71.6 Å². The number of fused-ring (bicyclic) bond motifs is 6. The van der Waals surface area contributed by atoms with Gasteiger partial charge in [-0.05, 0) is 46.2 Å². The maximum Gasteiger partial charge on any atom is 0.292 e. The lowest BCUT2D eigenvalue weighted by Crippen LogP contribution is -2.55. The summed E-state index contributed by atoms with van der Waals surface area (Å²) in [6, 6.07) is 28.2. The number of methoxy groups -OCH3 is 1. The molecule has 4 aromatic rings. The van der Waals surface area contributed by atoms with Crippen molar-refractivity contribution in [2.45, 2.75) is 26.2 Å². The lowest BCUT2D eigenvalue weighted by Gasteiger charge is -2.43. The van der Waals surface area contributed by atoms with Crippen LogP contribution in [0, 0.1) is 5.41 Å². The minimum absolute atomic E-state index is 0.200. The van der Waals surface area contributed by atoms with Crippen LogP contribution < -0.4 is 9.64 Å². The number of carbonyl (C=O) groups is 1. The normalized spacial score (nSPS) is 18.0. The lowest BCUT2D eigenvalue weighted by molar-refractivity contribution is -0.289. The summed E-state index contributed by atoms with van der Waals surface area (Å²) in [5, 5.41) is 2.16. The molecule has 2 heterocycles. The Labute approximate surface area is 211 Å². The van der Waals surface area contributed by atoms with Crippen molar-refractivity contribution in [1.82, 2.24) is 0 Å². The van der Waals surface area contributed by atoms with Gasteiger partial charge < -0.3 is 19.1 Å².